The average molecular weight is 268 g/mol. The van der Waals surface area contributed by atoms with Crippen molar-refractivity contribution in [2.24, 2.45) is 5.73 Å². The quantitative estimate of drug-likeness (QED) is 0.908. The van der Waals surface area contributed by atoms with Gasteiger partial charge in [-0.15, -0.1) is 0 Å². The maximum absolute atomic E-state index is 5.93. The number of fused-ring (bicyclic) bond motifs is 1. The number of para-hydroxylation sites is 2. The number of hydrogen-bond donors (Lipinski definition) is 1. The number of likely N-dealkylation sites (N-methyl/N-ethyl adjacent to an activating group) is 1. The fraction of sp³-hybridized carbons (Fsp3) is 0.312. The van der Waals surface area contributed by atoms with E-state index in [0.29, 0.717) is 6.54 Å². The van der Waals surface area contributed by atoms with Crippen LogP contribution in [0.4, 0.5) is 17.2 Å². The SMILES string of the molecule is Cc1ccnc(N2CCN(C)c3ccccc32)c1CN. The predicted octanol–water partition coefficient (Wildman–Crippen LogP) is 2.44. The molecule has 2 heterocycles. The number of hydrogen-bond acceptors (Lipinski definition) is 4. The maximum atomic E-state index is 5.93. The molecular weight excluding hydrogens is 248 g/mol. The molecule has 1 aromatic heterocycles. The van der Waals surface area contributed by atoms with Crippen LogP contribution in [0.3, 0.4) is 0 Å². The van der Waals surface area contributed by atoms with Gasteiger partial charge < -0.3 is 15.5 Å². The molecule has 0 unspecified atom stereocenters. The third kappa shape index (κ3) is 2.02. The summed E-state index contributed by atoms with van der Waals surface area (Å²) in [5.74, 6) is 0.994. The van der Waals surface area contributed by atoms with Crippen molar-refractivity contribution in [3.05, 3.63) is 47.7 Å². The molecule has 0 aliphatic carbocycles. The molecular formula is C16H20N4. The number of nitrogens with zero attached hydrogens (tertiary/aromatic N) is 3. The molecule has 2 aromatic rings. The van der Waals surface area contributed by atoms with Gasteiger partial charge in [0.1, 0.15) is 5.82 Å². The fourth-order valence-corrected chi connectivity index (χ4v) is 2.79. The van der Waals surface area contributed by atoms with Crippen molar-refractivity contribution in [1.29, 1.82) is 0 Å². The molecule has 0 spiro atoms. The van der Waals surface area contributed by atoms with Crippen LogP contribution >= 0.6 is 0 Å². The highest BCUT2D eigenvalue weighted by atomic mass is 15.3. The van der Waals surface area contributed by atoms with Crippen LogP contribution in [0.25, 0.3) is 0 Å². The zero-order valence-corrected chi connectivity index (χ0v) is 12.0. The number of anilines is 3. The van der Waals surface area contributed by atoms with Crippen molar-refractivity contribution >= 4 is 17.2 Å². The highest BCUT2D eigenvalue weighted by Gasteiger charge is 2.23. The van der Waals surface area contributed by atoms with Gasteiger partial charge in [-0.05, 0) is 30.7 Å². The van der Waals surface area contributed by atoms with E-state index >= 15 is 0 Å². The summed E-state index contributed by atoms with van der Waals surface area (Å²) in [6.45, 7) is 4.52. The number of aryl methyl sites for hydroxylation is 1. The molecule has 0 amide bonds. The molecule has 1 aromatic carbocycles. The molecule has 0 bridgehead atoms. The van der Waals surface area contributed by atoms with E-state index in [9.17, 15) is 0 Å². The third-order valence-corrected chi connectivity index (χ3v) is 3.97. The van der Waals surface area contributed by atoms with Crippen LogP contribution in [-0.4, -0.2) is 25.1 Å². The van der Waals surface area contributed by atoms with Gasteiger partial charge >= 0.3 is 0 Å². The molecule has 4 nitrogen and oxygen atoms in total. The number of aromatic nitrogens is 1. The van der Waals surface area contributed by atoms with Crippen molar-refractivity contribution in [2.75, 3.05) is 29.9 Å². The summed E-state index contributed by atoms with van der Waals surface area (Å²) < 4.78 is 0. The standard InChI is InChI=1S/C16H20N4/c1-12-7-8-18-16(13(12)11-17)20-10-9-19(2)14-5-3-4-6-15(14)20/h3-8H,9-11,17H2,1-2H3. The Hall–Kier alpha value is -2.07. The Kier molecular flexibility index (Phi) is 3.32. The third-order valence-electron chi connectivity index (χ3n) is 3.97. The van der Waals surface area contributed by atoms with Crippen molar-refractivity contribution < 1.29 is 0 Å². The maximum Gasteiger partial charge on any atom is 0.137 e. The summed E-state index contributed by atoms with van der Waals surface area (Å²) >= 11 is 0. The van der Waals surface area contributed by atoms with E-state index < -0.39 is 0 Å². The van der Waals surface area contributed by atoms with E-state index in [1.165, 1.54) is 16.9 Å². The Balaban J connectivity index is 2.13. The molecule has 1 aliphatic rings. The van der Waals surface area contributed by atoms with Crippen LogP contribution in [0.1, 0.15) is 11.1 Å². The monoisotopic (exact) mass is 268 g/mol. The highest BCUT2D eigenvalue weighted by molar-refractivity contribution is 5.79. The molecule has 3 rings (SSSR count). The van der Waals surface area contributed by atoms with Gasteiger partial charge in [0, 0.05) is 38.4 Å². The lowest BCUT2D eigenvalue weighted by Gasteiger charge is -2.37. The van der Waals surface area contributed by atoms with Crippen molar-refractivity contribution in [3.63, 3.8) is 0 Å². The van der Waals surface area contributed by atoms with E-state index in [1.54, 1.807) is 0 Å². The number of benzene rings is 1. The van der Waals surface area contributed by atoms with Crippen LogP contribution in [0.5, 0.6) is 0 Å². The Morgan fingerprint density at radius 3 is 2.65 bits per heavy atom. The molecule has 2 N–H and O–H groups in total. The first-order valence-corrected chi connectivity index (χ1v) is 6.94. The topological polar surface area (TPSA) is 45.4 Å². The highest BCUT2D eigenvalue weighted by Crippen LogP contribution is 2.37. The zero-order chi connectivity index (χ0) is 14.1. The van der Waals surface area contributed by atoms with Gasteiger partial charge in [-0.2, -0.15) is 0 Å². The summed E-state index contributed by atoms with van der Waals surface area (Å²) in [7, 11) is 2.13. The van der Waals surface area contributed by atoms with E-state index in [0.717, 1.165) is 24.5 Å². The Morgan fingerprint density at radius 1 is 1.15 bits per heavy atom. The summed E-state index contributed by atoms with van der Waals surface area (Å²) in [5, 5.41) is 0. The second-order valence-corrected chi connectivity index (χ2v) is 5.20. The largest absolute Gasteiger partial charge is 0.371 e. The molecule has 4 heteroatoms. The first-order valence-electron chi connectivity index (χ1n) is 6.94. The van der Waals surface area contributed by atoms with Gasteiger partial charge in [0.05, 0.1) is 11.4 Å². The predicted molar refractivity (Wildman–Crippen MR) is 83.6 cm³/mol. The van der Waals surface area contributed by atoms with Gasteiger partial charge in [0.25, 0.3) is 0 Å². The number of pyridine rings is 1. The minimum absolute atomic E-state index is 0.517. The average Bonchev–Trinajstić information content (AvgIpc) is 2.48. The van der Waals surface area contributed by atoms with Gasteiger partial charge in [0.2, 0.25) is 0 Å². The van der Waals surface area contributed by atoms with Crippen LogP contribution in [-0.2, 0) is 6.54 Å². The second kappa shape index (κ2) is 5.13. The van der Waals surface area contributed by atoms with E-state index in [1.807, 2.05) is 12.3 Å². The van der Waals surface area contributed by atoms with E-state index in [4.69, 9.17) is 5.73 Å². The summed E-state index contributed by atoms with van der Waals surface area (Å²) in [6.07, 6.45) is 1.87. The fourth-order valence-electron chi connectivity index (χ4n) is 2.79. The van der Waals surface area contributed by atoms with Crippen LogP contribution < -0.4 is 15.5 Å². The lowest BCUT2D eigenvalue weighted by atomic mass is 10.1. The first-order chi connectivity index (χ1) is 9.72. The van der Waals surface area contributed by atoms with Crippen LogP contribution in [0, 0.1) is 6.92 Å². The van der Waals surface area contributed by atoms with Gasteiger partial charge in [-0.1, -0.05) is 12.1 Å². The van der Waals surface area contributed by atoms with Crippen molar-refractivity contribution in [2.45, 2.75) is 13.5 Å². The molecule has 1 aliphatic heterocycles. The van der Waals surface area contributed by atoms with Crippen LogP contribution in [0.2, 0.25) is 0 Å². The van der Waals surface area contributed by atoms with Gasteiger partial charge in [-0.25, -0.2) is 4.98 Å². The summed E-state index contributed by atoms with van der Waals surface area (Å²) in [6, 6.07) is 10.5. The number of rotatable bonds is 2. The smallest absolute Gasteiger partial charge is 0.137 e. The normalized spacial score (nSPS) is 14.3. The van der Waals surface area contributed by atoms with Crippen molar-refractivity contribution in [3.8, 4) is 0 Å². The lowest BCUT2D eigenvalue weighted by Crippen LogP contribution is -2.37. The summed E-state index contributed by atoms with van der Waals surface area (Å²) in [4.78, 5) is 9.15. The van der Waals surface area contributed by atoms with Gasteiger partial charge in [0.15, 0.2) is 0 Å². The van der Waals surface area contributed by atoms with Crippen molar-refractivity contribution in [1.82, 2.24) is 4.98 Å². The lowest BCUT2D eigenvalue weighted by molar-refractivity contribution is 0.805. The molecule has 0 saturated carbocycles. The molecule has 0 fully saturated rings. The van der Waals surface area contributed by atoms with E-state index in [-0.39, 0.29) is 0 Å². The summed E-state index contributed by atoms with van der Waals surface area (Å²) in [5.41, 5.74) is 10.7. The minimum Gasteiger partial charge on any atom is -0.371 e. The molecule has 0 saturated heterocycles. The Labute approximate surface area is 119 Å². The number of nitrogens with two attached hydrogens (primary N) is 1. The Morgan fingerprint density at radius 2 is 1.90 bits per heavy atom. The van der Waals surface area contributed by atoms with E-state index in [2.05, 4.69) is 53.0 Å². The Bertz CT molecular complexity index is 624. The second-order valence-electron chi connectivity index (χ2n) is 5.20. The molecule has 20 heavy (non-hydrogen) atoms. The molecule has 0 atom stereocenters. The molecule has 104 valence electrons. The van der Waals surface area contributed by atoms with Crippen LogP contribution in [0.15, 0.2) is 36.5 Å². The zero-order valence-electron chi connectivity index (χ0n) is 12.0. The van der Waals surface area contributed by atoms with Gasteiger partial charge in [-0.3, -0.25) is 0 Å². The minimum atomic E-state index is 0.517. The first kappa shape index (κ1) is 12.9. The molecule has 0 radical (unpaired) electrons.